The fourth-order valence-corrected chi connectivity index (χ4v) is 4.65. The number of rotatable bonds is 8. The van der Waals surface area contributed by atoms with E-state index in [1.807, 2.05) is 0 Å². The van der Waals surface area contributed by atoms with Crippen molar-refractivity contribution in [2.24, 2.45) is 5.92 Å². The molecular formula is C27H27F3N6O2. The molecule has 11 heteroatoms. The maximum Gasteiger partial charge on any atom is 0.416 e. The van der Waals surface area contributed by atoms with Crippen LogP contribution in [-0.2, 0) is 12.6 Å². The molecule has 4 aromatic rings. The topological polar surface area (TPSA) is 105 Å². The van der Waals surface area contributed by atoms with Crippen molar-refractivity contribution in [1.29, 1.82) is 0 Å². The number of amides is 1. The lowest BCUT2D eigenvalue weighted by atomic mass is 9.93. The highest BCUT2D eigenvalue weighted by molar-refractivity contribution is 6.03. The lowest BCUT2D eigenvalue weighted by molar-refractivity contribution is -0.137. The second-order valence-corrected chi connectivity index (χ2v) is 9.32. The number of hydrogen-bond acceptors (Lipinski definition) is 6. The predicted molar refractivity (Wildman–Crippen MR) is 136 cm³/mol. The number of nitrogens with one attached hydrogen (secondary N) is 3. The summed E-state index contributed by atoms with van der Waals surface area (Å²) in [5.74, 6) is 1.03. The summed E-state index contributed by atoms with van der Waals surface area (Å²) in [5.41, 5.74) is 0.898. The fourth-order valence-electron chi connectivity index (χ4n) is 4.65. The van der Waals surface area contributed by atoms with Gasteiger partial charge in [0.05, 0.1) is 10.9 Å². The van der Waals surface area contributed by atoms with Crippen LogP contribution in [0.1, 0.15) is 47.3 Å². The van der Waals surface area contributed by atoms with Crippen LogP contribution in [-0.4, -0.2) is 39.2 Å². The van der Waals surface area contributed by atoms with Gasteiger partial charge in [-0.25, -0.2) is 9.97 Å². The molecule has 1 aromatic carbocycles. The molecule has 0 bridgehead atoms. The number of aromatic amines is 1. The molecule has 1 amide bonds. The van der Waals surface area contributed by atoms with Gasteiger partial charge in [0.25, 0.3) is 5.91 Å². The fraction of sp³-hybridized carbons (Fsp3) is 0.333. The van der Waals surface area contributed by atoms with Crippen molar-refractivity contribution in [2.75, 3.05) is 18.4 Å². The smallest absolute Gasteiger partial charge is 0.416 e. The number of carbonyl (C=O) groups is 1. The maximum atomic E-state index is 12.9. The van der Waals surface area contributed by atoms with E-state index in [0.717, 1.165) is 61.8 Å². The van der Waals surface area contributed by atoms with E-state index in [1.165, 1.54) is 25.0 Å². The summed E-state index contributed by atoms with van der Waals surface area (Å²) in [7, 11) is 0. The molecule has 0 spiro atoms. The van der Waals surface area contributed by atoms with Crippen LogP contribution >= 0.6 is 0 Å². The summed E-state index contributed by atoms with van der Waals surface area (Å²) in [5, 5.41) is 14.1. The van der Waals surface area contributed by atoms with Gasteiger partial charge in [0.2, 0.25) is 0 Å². The number of halogens is 3. The Kier molecular flexibility index (Phi) is 7.54. The van der Waals surface area contributed by atoms with Crippen LogP contribution in [0.15, 0.2) is 54.9 Å². The zero-order valence-electron chi connectivity index (χ0n) is 20.5. The predicted octanol–water partition coefficient (Wildman–Crippen LogP) is 5.74. The Balaban J connectivity index is 1.25. The van der Waals surface area contributed by atoms with Crippen LogP contribution < -0.4 is 15.4 Å². The molecule has 1 aliphatic heterocycles. The molecule has 38 heavy (non-hydrogen) atoms. The minimum atomic E-state index is -4.53. The first kappa shape index (κ1) is 25.7. The molecule has 4 heterocycles. The molecule has 0 unspecified atom stereocenters. The summed E-state index contributed by atoms with van der Waals surface area (Å²) in [4.78, 5) is 20.7. The SMILES string of the molecule is O=C(Nc1cc(C(F)(F)F)ccn1)c1ccc(Oc2ccnc3n[nH]c(CCC[C@@H]4CCCNC4)c23)cc1. The first-order valence-corrected chi connectivity index (χ1v) is 12.5. The van der Waals surface area contributed by atoms with E-state index in [2.05, 4.69) is 30.8 Å². The lowest BCUT2D eigenvalue weighted by Gasteiger charge is -2.22. The highest BCUT2D eigenvalue weighted by atomic mass is 19.4. The van der Waals surface area contributed by atoms with Gasteiger partial charge in [-0.15, -0.1) is 0 Å². The molecule has 1 atom stereocenters. The van der Waals surface area contributed by atoms with Gasteiger partial charge < -0.3 is 15.4 Å². The van der Waals surface area contributed by atoms with Crippen molar-refractivity contribution in [3.05, 3.63) is 71.7 Å². The van der Waals surface area contributed by atoms with Crippen LogP contribution in [0.2, 0.25) is 0 Å². The van der Waals surface area contributed by atoms with Crippen molar-refractivity contribution >= 4 is 22.8 Å². The number of alkyl halides is 3. The molecule has 198 valence electrons. The highest BCUT2D eigenvalue weighted by Crippen LogP contribution is 2.32. The molecule has 1 fully saturated rings. The molecule has 0 saturated carbocycles. The number of fused-ring (bicyclic) bond motifs is 1. The van der Waals surface area contributed by atoms with E-state index < -0.39 is 17.6 Å². The van der Waals surface area contributed by atoms with Crippen LogP contribution in [0, 0.1) is 5.92 Å². The Bertz CT molecular complexity index is 1400. The zero-order chi connectivity index (χ0) is 26.5. The minimum Gasteiger partial charge on any atom is -0.456 e. The number of hydrogen-bond donors (Lipinski definition) is 3. The van der Waals surface area contributed by atoms with E-state index in [-0.39, 0.29) is 11.4 Å². The van der Waals surface area contributed by atoms with Crippen LogP contribution in [0.5, 0.6) is 11.5 Å². The summed E-state index contributed by atoms with van der Waals surface area (Å²) in [6, 6.07) is 9.71. The third-order valence-corrected chi connectivity index (χ3v) is 6.60. The molecule has 0 radical (unpaired) electrons. The van der Waals surface area contributed by atoms with Gasteiger partial charge in [0.15, 0.2) is 5.65 Å². The van der Waals surface area contributed by atoms with Gasteiger partial charge in [0.1, 0.15) is 17.3 Å². The number of anilines is 1. The van der Waals surface area contributed by atoms with Gasteiger partial charge in [-0.2, -0.15) is 18.3 Å². The maximum absolute atomic E-state index is 12.9. The van der Waals surface area contributed by atoms with Crippen LogP contribution in [0.4, 0.5) is 19.0 Å². The molecule has 1 saturated heterocycles. The first-order chi connectivity index (χ1) is 18.4. The number of nitrogens with zero attached hydrogens (tertiary/aromatic N) is 3. The number of ether oxygens (including phenoxy) is 1. The summed E-state index contributed by atoms with van der Waals surface area (Å²) < 4.78 is 44.9. The Morgan fingerprint density at radius 3 is 2.68 bits per heavy atom. The second-order valence-electron chi connectivity index (χ2n) is 9.32. The van der Waals surface area contributed by atoms with E-state index in [4.69, 9.17) is 4.74 Å². The molecule has 3 aromatic heterocycles. The Hall–Kier alpha value is -3.99. The number of benzene rings is 1. The van der Waals surface area contributed by atoms with Crippen molar-refractivity contribution in [2.45, 2.75) is 38.3 Å². The highest BCUT2D eigenvalue weighted by Gasteiger charge is 2.31. The van der Waals surface area contributed by atoms with Crippen molar-refractivity contribution < 1.29 is 22.7 Å². The third kappa shape index (κ3) is 6.10. The van der Waals surface area contributed by atoms with Crippen molar-refractivity contribution in [1.82, 2.24) is 25.5 Å². The van der Waals surface area contributed by atoms with Gasteiger partial charge in [0, 0.05) is 23.7 Å². The van der Waals surface area contributed by atoms with Crippen molar-refractivity contribution in [3.8, 4) is 11.5 Å². The average molecular weight is 525 g/mol. The number of pyridine rings is 2. The van der Waals surface area contributed by atoms with E-state index in [0.29, 0.717) is 23.1 Å². The lowest BCUT2D eigenvalue weighted by Crippen LogP contribution is -2.29. The van der Waals surface area contributed by atoms with Gasteiger partial charge >= 0.3 is 6.18 Å². The standard InChI is InChI=1S/C27H27F3N6O2/c28-27(29,30)19-10-13-32-23(15-19)34-26(37)18-6-8-20(9-7-18)38-22-11-14-33-25-24(22)21(35-36-25)5-1-3-17-4-2-12-31-16-17/h6-11,13-15,17,31H,1-5,12,16H2,(H,32,34,37)(H,33,35,36)/t17-/m1/s1. The quantitative estimate of drug-likeness (QED) is 0.272. The Morgan fingerprint density at radius 2 is 1.92 bits per heavy atom. The van der Waals surface area contributed by atoms with Gasteiger partial charge in [-0.05, 0) is 93.6 Å². The van der Waals surface area contributed by atoms with Gasteiger partial charge in [-0.1, -0.05) is 0 Å². The number of H-pyrrole nitrogens is 1. The van der Waals surface area contributed by atoms with E-state index in [1.54, 1.807) is 24.4 Å². The average Bonchev–Trinajstić information content (AvgIpc) is 3.33. The molecule has 8 nitrogen and oxygen atoms in total. The third-order valence-electron chi connectivity index (χ3n) is 6.60. The number of aryl methyl sites for hydroxylation is 1. The Morgan fingerprint density at radius 1 is 1.11 bits per heavy atom. The molecular weight excluding hydrogens is 497 g/mol. The largest absolute Gasteiger partial charge is 0.456 e. The first-order valence-electron chi connectivity index (χ1n) is 12.5. The normalized spacial score (nSPS) is 15.9. The van der Waals surface area contributed by atoms with E-state index in [9.17, 15) is 18.0 Å². The summed E-state index contributed by atoms with van der Waals surface area (Å²) >= 11 is 0. The second kappa shape index (κ2) is 11.2. The Labute approximate surface area is 217 Å². The van der Waals surface area contributed by atoms with Crippen LogP contribution in [0.25, 0.3) is 11.0 Å². The number of aromatic nitrogens is 4. The number of carbonyl (C=O) groups excluding carboxylic acids is 1. The van der Waals surface area contributed by atoms with E-state index >= 15 is 0 Å². The van der Waals surface area contributed by atoms with Crippen molar-refractivity contribution in [3.63, 3.8) is 0 Å². The monoisotopic (exact) mass is 524 g/mol. The molecule has 1 aliphatic rings. The minimum absolute atomic E-state index is 0.184. The van der Waals surface area contributed by atoms with Crippen LogP contribution in [0.3, 0.4) is 0 Å². The summed E-state index contributed by atoms with van der Waals surface area (Å²) in [6.07, 6.45) is 3.59. The van der Waals surface area contributed by atoms with Gasteiger partial charge in [-0.3, -0.25) is 9.89 Å². The zero-order valence-corrected chi connectivity index (χ0v) is 20.5. The summed E-state index contributed by atoms with van der Waals surface area (Å²) in [6.45, 7) is 2.18. The molecule has 3 N–H and O–H groups in total. The number of piperidine rings is 1. The molecule has 0 aliphatic carbocycles. The molecule has 5 rings (SSSR count).